The highest BCUT2D eigenvalue weighted by Crippen LogP contribution is 2.25. The number of nitrogens with two attached hydrogens (primary N) is 1. The molecule has 2 aliphatic heterocycles. The van der Waals surface area contributed by atoms with Gasteiger partial charge in [0, 0.05) is 76.2 Å². The van der Waals surface area contributed by atoms with Gasteiger partial charge in [-0.2, -0.15) is 9.97 Å². The maximum Gasteiger partial charge on any atom is 0.269 e. The Kier molecular flexibility index (Phi) is 8.70. The number of nitro groups is 1. The van der Waals surface area contributed by atoms with Crippen molar-refractivity contribution < 1.29 is 4.92 Å². The van der Waals surface area contributed by atoms with Crippen LogP contribution < -0.4 is 25.8 Å². The average Bonchev–Trinajstić information content (AvgIpc) is 3.59. The van der Waals surface area contributed by atoms with Crippen LogP contribution in [0.2, 0.25) is 0 Å². The molecule has 0 amide bonds. The summed E-state index contributed by atoms with van der Waals surface area (Å²) in [5.74, 6) is 2.69. The van der Waals surface area contributed by atoms with E-state index in [4.69, 9.17) is 27.9 Å². The lowest BCUT2D eigenvalue weighted by Crippen LogP contribution is -2.41. The Morgan fingerprint density at radius 2 is 1.69 bits per heavy atom. The molecule has 2 fully saturated rings. The van der Waals surface area contributed by atoms with E-state index in [1.54, 1.807) is 17.0 Å². The van der Waals surface area contributed by atoms with Gasteiger partial charge in [0.05, 0.1) is 4.92 Å². The number of aromatic nitrogens is 2. The summed E-state index contributed by atoms with van der Waals surface area (Å²) in [5, 5.41) is 14.6. The smallest absolute Gasteiger partial charge is 0.269 e. The Labute approximate surface area is 217 Å². The van der Waals surface area contributed by atoms with E-state index < -0.39 is 4.92 Å². The lowest BCUT2D eigenvalue weighted by Gasteiger charge is -2.26. The zero-order chi connectivity index (χ0) is 25.5. The van der Waals surface area contributed by atoms with Crippen molar-refractivity contribution in [2.24, 2.45) is 5.73 Å². The third-order valence-electron chi connectivity index (χ3n) is 6.66. The summed E-state index contributed by atoms with van der Waals surface area (Å²) in [6.45, 7) is 6.96. The molecular formula is C24H35N9O2S. The highest BCUT2D eigenvalue weighted by atomic mass is 32.1. The van der Waals surface area contributed by atoms with E-state index in [-0.39, 0.29) is 10.8 Å². The summed E-state index contributed by atoms with van der Waals surface area (Å²) in [7, 11) is 2.04. The van der Waals surface area contributed by atoms with Gasteiger partial charge in [-0.25, -0.2) is 0 Å². The summed E-state index contributed by atoms with van der Waals surface area (Å²) in [4.78, 5) is 28.8. The number of anilines is 4. The second kappa shape index (κ2) is 12.1. The van der Waals surface area contributed by atoms with Crippen molar-refractivity contribution in [1.82, 2.24) is 14.9 Å². The number of likely N-dealkylation sites (N-methyl/N-ethyl adjacent to an activating group) is 1. The lowest BCUT2D eigenvalue weighted by atomic mass is 10.2. The van der Waals surface area contributed by atoms with Crippen LogP contribution in [0.5, 0.6) is 0 Å². The Morgan fingerprint density at radius 1 is 1.06 bits per heavy atom. The summed E-state index contributed by atoms with van der Waals surface area (Å²) in [6, 6.07) is 8.33. The topological polar surface area (TPSA) is 120 Å². The van der Waals surface area contributed by atoms with Crippen molar-refractivity contribution in [3.8, 4) is 0 Å². The van der Waals surface area contributed by atoms with E-state index in [0.717, 1.165) is 69.1 Å². The number of rotatable bonds is 11. The molecule has 2 aliphatic rings. The van der Waals surface area contributed by atoms with Gasteiger partial charge < -0.3 is 30.7 Å². The molecule has 11 nitrogen and oxygen atoms in total. The van der Waals surface area contributed by atoms with Gasteiger partial charge in [-0.05, 0) is 57.1 Å². The lowest BCUT2D eigenvalue weighted by molar-refractivity contribution is -0.384. The fourth-order valence-electron chi connectivity index (χ4n) is 4.56. The first-order valence-corrected chi connectivity index (χ1v) is 12.9. The van der Waals surface area contributed by atoms with Gasteiger partial charge in [-0.3, -0.25) is 10.1 Å². The first-order valence-electron chi connectivity index (χ1n) is 12.5. The first kappa shape index (κ1) is 25.8. The molecular weight excluding hydrogens is 478 g/mol. The van der Waals surface area contributed by atoms with E-state index >= 15 is 0 Å². The number of nitrogens with zero attached hydrogens (tertiary/aromatic N) is 7. The number of hydrogen-bond acceptors (Lipinski definition) is 9. The Morgan fingerprint density at radius 3 is 2.31 bits per heavy atom. The van der Waals surface area contributed by atoms with Crippen molar-refractivity contribution in [3.63, 3.8) is 0 Å². The molecule has 1 aromatic heterocycles. The third kappa shape index (κ3) is 6.70. The number of hydrogen-bond donors (Lipinski definition) is 2. The van der Waals surface area contributed by atoms with Crippen LogP contribution >= 0.6 is 12.2 Å². The van der Waals surface area contributed by atoms with Gasteiger partial charge >= 0.3 is 0 Å². The number of nitrogens with one attached hydrogen (secondary N) is 1. The molecule has 194 valence electrons. The minimum Gasteiger partial charge on any atom is -0.376 e. The predicted octanol–water partition coefficient (Wildman–Crippen LogP) is 2.68. The van der Waals surface area contributed by atoms with Crippen molar-refractivity contribution in [1.29, 1.82) is 0 Å². The van der Waals surface area contributed by atoms with Gasteiger partial charge in [-0.1, -0.05) is 0 Å². The first-order chi connectivity index (χ1) is 17.4. The van der Waals surface area contributed by atoms with E-state index in [1.165, 1.54) is 37.8 Å². The molecule has 0 radical (unpaired) electrons. The predicted molar refractivity (Wildman–Crippen MR) is 148 cm³/mol. The quantitative estimate of drug-likeness (QED) is 0.262. The Balaban J connectivity index is 1.31. The standard InChI is InChI=1S/C24H35N9O2S/c1-29(16-17-32(23(25)36)19-6-8-20(9-7-19)33(34)35)15-10-26-21-18-22(30-11-2-3-12-30)28-24(27-21)31-13-4-5-14-31/h6-9,18H,2-5,10-17H2,1H3,(H2,25,36)(H,26,27,28). The maximum atomic E-state index is 10.9. The SMILES string of the molecule is CN(CCNc1cc(N2CCCC2)nc(N2CCCC2)n1)CCN(C(N)=S)c1ccc([N+](=O)[O-])cc1. The molecule has 0 atom stereocenters. The molecule has 1 aromatic carbocycles. The zero-order valence-corrected chi connectivity index (χ0v) is 21.6. The zero-order valence-electron chi connectivity index (χ0n) is 20.8. The number of nitro benzene ring substituents is 1. The maximum absolute atomic E-state index is 10.9. The van der Waals surface area contributed by atoms with Gasteiger partial charge in [0.25, 0.3) is 5.69 Å². The molecule has 36 heavy (non-hydrogen) atoms. The number of thiocarbonyl (C=S) groups is 1. The third-order valence-corrected chi connectivity index (χ3v) is 6.88. The second-order valence-electron chi connectivity index (χ2n) is 9.29. The largest absolute Gasteiger partial charge is 0.376 e. The molecule has 4 rings (SSSR count). The summed E-state index contributed by atoms with van der Waals surface area (Å²) in [5.41, 5.74) is 6.71. The molecule has 0 spiro atoms. The Hall–Kier alpha value is -3.25. The minimum atomic E-state index is -0.421. The molecule has 2 aromatic rings. The van der Waals surface area contributed by atoms with Gasteiger partial charge in [0.15, 0.2) is 5.11 Å². The number of non-ortho nitro benzene ring substituents is 1. The molecule has 0 bridgehead atoms. The molecule has 2 saturated heterocycles. The number of benzene rings is 1. The van der Waals surface area contributed by atoms with Crippen LogP contribution in [0.4, 0.5) is 29.0 Å². The van der Waals surface area contributed by atoms with Crippen LogP contribution in [-0.4, -0.2) is 84.3 Å². The van der Waals surface area contributed by atoms with E-state index in [9.17, 15) is 10.1 Å². The van der Waals surface area contributed by atoms with E-state index in [1.807, 2.05) is 7.05 Å². The van der Waals surface area contributed by atoms with Crippen molar-refractivity contribution in [3.05, 3.63) is 40.4 Å². The molecule has 0 unspecified atom stereocenters. The molecule has 3 N–H and O–H groups in total. The molecule has 0 aliphatic carbocycles. The van der Waals surface area contributed by atoms with Crippen molar-refractivity contribution in [2.45, 2.75) is 25.7 Å². The minimum absolute atomic E-state index is 0.0373. The highest BCUT2D eigenvalue weighted by Gasteiger charge is 2.20. The molecule has 12 heteroatoms. The summed E-state index contributed by atoms with van der Waals surface area (Å²) < 4.78 is 0. The monoisotopic (exact) mass is 513 g/mol. The van der Waals surface area contributed by atoms with Gasteiger partial charge in [0.2, 0.25) is 5.95 Å². The van der Waals surface area contributed by atoms with Crippen LogP contribution in [0.25, 0.3) is 0 Å². The summed E-state index contributed by atoms with van der Waals surface area (Å²) in [6.07, 6.45) is 4.79. The average molecular weight is 514 g/mol. The second-order valence-corrected chi connectivity index (χ2v) is 9.71. The normalized spacial score (nSPS) is 15.5. The van der Waals surface area contributed by atoms with E-state index in [0.29, 0.717) is 6.54 Å². The van der Waals surface area contributed by atoms with Crippen molar-refractivity contribution in [2.75, 3.05) is 79.4 Å². The highest BCUT2D eigenvalue weighted by molar-refractivity contribution is 7.80. The fourth-order valence-corrected chi connectivity index (χ4v) is 4.75. The van der Waals surface area contributed by atoms with Crippen LogP contribution in [0.15, 0.2) is 30.3 Å². The fraction of sp³-hybridized carbons (Fsp3) is 0.542. The molecule has 0 saturated carbocycles. The molecule has 3 heterocycles. The van der Waals surface area contributed by atoms with Crippen LogP contribution in [0.3, 0.4) is 0 Å². The van der Waals surface area contributed by atoms with E-state index in [2.05, 4.69) is 26.1 Å². The van der Waals surface area contributed by atoms with Crippen molar-refractivity contribution >= 4 is 46.3 Å². The van der Waals surface area contributed by atoms with Gasteiger partial charge in [0.1, 0.15) is 11.6 Å². The van der Waals surface area contributed by atoms with Crippen LogP contribution in [0, 0.1) is 10.1 Å². The Bertz CT molecular complexity index is 1010. The van der Waals surface area contributed by atoms with Crippen LogP contribution in [-0.2, 0) is 0 Å². The van der Waals surface area contributed by atoms with Crippen LogP contribution in [0.1, 0.15) is 25.7 Å². The summed E-state index contributed by atoms with van der Waals surface area (Å²) >= 11 is 5.22. The van der Waals surface area contributed by atoms with Gasteiger partial charge in [-0.15, -0.1) is 0 Å².